The van der Waals surface area contributed by atoms with Gasteiger partial charge in [-0.25, -0.2) is 0 Å². The van der Waals surface area contributed by atoms with Crippen LogP contribution in [0.15, 0.2) is 42.5 Å². The van der Waals surface area contributed by atoms with Gasteiger partial charge < -0.3 is 15.0 Å². The lowest BCUT2D eigenvalue weighted by atomic mass is 9.87. The third kappa shape index (κ3) is 4.98. The number of hydrogen-bond acceptors (Lipinski definition) is 3. The van der Waals surface area contributed by atoms with Crippen LogP contribution < -0.4 is 10.1 Å². The first-order valence-corrected chi connectivity index (χ1v) is 11.8. The van der Waals surface area contributed by atoms with Gasteiger partial charge in [-0.15, -0.1) is 0 Å². The molecule has 1 N–H and O–H groups in total. The number of ether oxygens (including phenoxy) is 1. The Balaban J connectivity index is 1.62. The van der Waals surface area contributed by atoms with Crippen molar-refractivity contribution in [2.24, 2.45) is 11.8 Å². The number of hydrogen-bond donors (Lipinski definition) is 1. The Morgan fingerprint density at radius 1 is 1.09 bits per heavy atom. The number of amides is 2. The molecule has 2 atom stereocenters. The summed E-state index contributed by atoms with van der Waals surface area (Å²) in [5.41, 5.74) is 4.65. The van der Waals surface area contributed by atoms with E-state index >= 15 is 0 Å². The molecule has 1 aliphatic heterocycles. The van der Waals surface area contributed by atoms with Crippen LogP contribution in [0.2, 0.25) is 0 Å². The second kappa shape index (κ2) is 9.35. The average Bonchev–Trinajstić information content (AvgIpc) is 3.62. The van der Waals surface area contributed by atoms with Gasteiger partial charge in [-0.2, -0.15) is 0 Å². The standard InChI is InChI=1S/C27H34N2O3/c1-17(2)16-28-26(30)19(4)32-23-12-11-20-13-14-29(27(31)22-9-10-22)25(24(20)15-23)21-7-5-18(3)6-8-21/h5-8,11-12,15,17,19,22,25H,9-10,13-14,16H2,1-4H3,(H,28,30)/t19-,25-/m1/s1. The number of rotatable bonds is 7. The minimum absolute atomic E-state index is 0.114. The van der Waals surface area contributed by atoms with Gasteiger partial charge in [0.2, 0.25) is 5.91 Å². The molecular formula is C27H34N2O3. The largest absolute Gasteiger partial charge is 0.481 e. The third-order valence-corrected chi connectivity index (χ3v) is 6.32. The molecule has 1 fully saturated rings. The van der Waals surface area contributed by atoms with Crippen LogP contribution in [0, 0.1) is 18.8 Å². The summed E-state index contributed by atoms with van der Waals surface area (Å²) >= 11 is 0. The average molecular weight is 435 g/mol. The number of aryl methyl sites for hydroxylation is 1. The smallest absolute Gasteiger partial charge is 0.260 e. The molecule has 0 unspecified atom stereocenters. The number of benzene rings is 2. The molecule has 1 saturated carbocycles. The lowest BCUT2D eigenvalue weighted by molar-refractivity contribution is -0.134. The van der Waals surface area contributed by atoms with E-state index in [1.165, 1.54) is 11.1 Å². The first-order chi connectivity index (χ1) is 15.3. The summed E-state index contributed by atoms with van der Waals surface area (Å²) in [6, 6.07) is 14.4. The first kappa shape index (κ1) is 22.4. The van der Waals surface area contributed by atoms with Crippen molar-refractivity contribution >= 4 is 11.8 Å². The van der Waals surface area contributed by atoms with Gasteiger partial charge >= 0.3 is 0 Å². The Morgan fingerprint density at radius 3 is 2.47 bits per heavy atom. The first-order valence-electron chi connectivity index (χ1n) is 11.8. The Morgan fingerprint density at radius 2 is 1.81 bits per heavy atom. The third-order valence-electron chi connectivity index (χ3n) is 6.32. The van der Waals surface area contributed by atoms with E-state index < -0.39 is 6.10 Å². The summed E-state index contributed by atoms with van der Waals surface area (Å²) in [6.07, 6.45) is 2.24. The fourth-order valence-electron chi connectivity index (χ4n) is 4.28. The summed E-state index contributed by atoms with van der Waals surface area (Å²) < 4.78 is 6.02. The highest BCUT2D eigenvalue weighted by Crippen LogP contribution is 2.41. The minimum Gasteiger partial charge on any atom is -0.481 e. The zero-order valence-electron chi connectivity index (χ0n) is 19.6. The summed E-state index contributed by atoms with van der Waals surface area (Å²) in [5, 5.41) is 2.93. The van der Waals surface area contributed by atoms with Crippen LogP contribution >= 0.6 is 0 Å². The maximum Gasteiger partial charge on any atom is 0.260 e. The topological polar surface area (TPSA) is 58.6 Å². The second-order valence-electron chi connectivity index (χ2n) is 9.63. The number of carbonyl (C=O) groups is 2. The molecule has 0 radical (unpaired) electrons. The fraction of sp³-hybridized carbons (Fsp3) is 0.481. The van der Waals surface area contributed by atoms with Crippen molar-refractivity contribution in [1.82, 2.24) is 10.2 Å². The summed E-state index contributed by atoms with van der Waals surface area (Å²) in [4.78, 5) is 27.6. The number of nitrogens with one attached hydrogen (secondary N) is 1. The molecule has 0 aromatic heterocycles. The van der Waals surface area contributed by atoms with Crippen molar-refractivity contribution in [3.8, 4) is 5.75 Å². The maximum absolute atomic E-state index is 13.1. The molecule has 2 amide bonds. The molecule has 4 rings (SSSR count). The van der Waals surface area contributed by atoms with Crippen molar-refractivity contribution in [3.05, 3.63) is 64.7 Å². The minimum atomic E-state index is -0.586. The van der Waals surface area contributed by atoms with Crippen LogP contribution in [0.1, 0.15) is 61.9 Å². The Bertz CT molecular complexity index is 979. The number of fused-ring (bicyclic) bond motifs is 1. The highest BCUT2D eigenvalue weighted by atomic mass is 16.5. The van der Waals surface area contributed by atoms with E-state index in [1.807, 2.05) is 17.0 Å². The van der Waals surface area contributed by atoms with Crippen LogP contribution in [-0.2, 0) is 16.0 Å². The highest BCUT2D eigenvalue weighted by molar-refractivity contribution is 5.82. The molecule has 2 aliphatic rings. The molecule has 2 aromatic carbocycles. The molecule has 5 nitrogen and oxygen atoms in total. The monoisotopic (exact) mass is 434 g/mol. The summed E-state index contributed by atoms with van der Waals surface area (Å²) in [6.45, 7) is 9.34. The van der Waals surface area contributed by atoms with E-state index in [0.29, 0.717) is 18.2 Å². The van der Waals surface area contributed by atoms with Gasteiger partial charge in [0.1, 0.15) is 5.75 Å². The van der Waals surface area contributed by atoms with Gasteiger partial charge in [-0.3, -0.25) is 9.59 Å². The number of carbonyl (C=O) groups excluding carboxylic acids is 2. The Hall–Kier alpha value is -2.82. The predicted molar refractivity (Wildman–Crippen MR) is 126 cm³/mol. The lowest BCUT2D eigenvalue weighted by Gasteiger charge is -2.38. The van der Waals surface area contributed by atoms with Crippen LogP contribution in [0.3, 0.4) is 0 Å². The van der Waals surface area contributed by atoms with E-state index in [0.717, 1.165) is 36.9 Å². The summed E-state index contributed by atoms with van der Waals surface area (Å²) in [5.74, 6) is 1.37. The molecule has 0 saturated heterocycles. The molecule has 1 heterocycles. The van der Waals surface area contributed by atoms with Crippen molar-refractivity contribution in [2.45, 2.75) is 59.1 Å². The van der Waals surface area contributed by atoms with E-state index in [-0.39, 0.29) is 23.8 Å². The van der Waals surface area contributed by atoms with Crippen molar-refractivity contribution < 1.29 is 14.3 Å². The van der Waals surface area contributed by atoms with Crippen LogP contribution in [-0.4, -0.2) is 35.9 Å². The zero-order valence-corrected chi connectivity index (χ0v) is 19.6. The SMILES string of the molecule is Cc1ccc([C@@H]2c3cc(O[C@H](C)C(=O)NCC(C)C)ccc3CCN2C(=O)C2CC2)cc1. The molecule has 5 heteroatoms. The van der Waals surface area contributed by atoms with E-state index in [4.69, 9.17) is 4.74 Å². The van der Waals surface area contributed by atoms with Gasteiger partial charge in [-0.05, 0) is 67.9 Å². The Kier molecular flexibility index (Phi) is 6.54. The summed E-state index contributed by atoms with van der Waals surface area (Å²) in [7, 11) is 0. The van der Waals surface area contributed by atoms with Crippen molar-refractivity contribution in [2.75, 3.05) is 13.1 Å². The Labute approximate surface area is 191 Å². The second-order valence-corrected chi connectivity index (χ2v) is 9.63. The highest BCUT2D eigenvalue weighted by Gasteiger charge is 2.39. The van der Waals surface area contributed by atoms with Gasteiger partial charge in [-0.1, -0.05) is 49.7 Å². The van der Waals surface area contributed by atoms with E-state index in [2.05, 4.69) is 56.4 Å². The molecule has 170 valence electrons. The van der Waals surface area contributed by atoms with E-state index in [9.17, 15) is 9.59 Å². The van der Waals surface area contributed by atoms with E-state index in [1.54, 1.807) is 6.92 Å². The zero-order chi connectivity index (χ0) is 22.8. The van der Waals surface area contributed by atoms with Crippen molar-refractivity contribution in [3.63, 3.8) is 0 Å². The predicted octanol–water partition coefficient (Wildman–Crippen LogP) is 4.42. The fourth-order valence-corrected chi connectivity index (χ4v) is 4.28. The molecule has 32 heavy (non-hydrogen) atoms. The molecule has 2 aromatic rings. The van der Waals surface area contributed by atoms with Gasteiger partial charge in [0.05, 0.1) is 6.04 Å². The van der Waals surface area contributed by atoms with Crippen LogP contribution in [0.5, 0.6) is 5.75 Å². The molecular weight excluding hydrogens is 400 g/mol. The van der Waals surface area contributed by atoms with Gasteiger partial charge in [0.25, 0.3) is 5.91 Å². The van der Waals surface area contributed by atoms with Gasteiger partial charge in [0.15, 0.2) is 6.10 Å². The maximum atomic E-state index is 13.1. The van der Waals surface area contributed by atoms with Crippen molar-refractivity contribution in [1.29, 1.82) is 0 Å². The quantitative estimate of drug-likeness (QED) is 0.702. The molecule has 0 spiro atoms. The van der Waals surface area contributed by atoms with Crippen LogP contribution in [0.4, 0.5) is 0 Å². The molecule has 1 aliphatic carbocycles. The lowest BCUT2D eigenvalue weighted by Crippen LogP contribution is -2.41. The van der Waals surface area contributed by atoms with Gasteiger partial charge in [0, 0.05) is 19.0 Å². The molecule has 0 bridgehead atoms. The number of nitrogens with zero attached hydrogens (tertiary/aromatic N) is 1. The van der Waals surface area contributed by atoms with Crippen LogP contribution in [0.25, 0.3) is 0 Å². The normalized spacial score (nSPS) is 18.8.